The predicted molar refractivity (Wildman–Crippen MR) is 99.9 cm³/mol. The van der Waals surface area contributed by atoms with E-state index in [1.165, 1.54) is 0 Å². The average molecular weight is 370 g/mol. The molecule has 2 aliphatic heterocycles. The first kappa shape index (κ1) is 17.2. The molecule has 2 aromatic rings. The molecule has 1 amide bonds. The molecule has 6 heteroatoms. The molecule has 0 bridgehead atoms. The molecule has 4 rings (SSSR count). The Balaban J connectivity index is 1.64. The molecule has 5 nitrogen and oxygen atoms in total. The number of hydrogen-bond donors (Lipinski definition) is 2. The SMILES string of the molecule is O=C(NC1(c2ccccc2)CCNC1)c1ccc2c(c1)CCCS2(=O)=O. The smallest absolute Gasteiger partial charge is 0.252 e. The molecule has 1 fully saturated rings. The van der Waals surface area contributed by atoms with E-state index in [1.807, 2.05) is 30.3 Å². The maximum Gasteiger partial charge on any atom is 0.252 e. The van der Waals surface area contributed by atoms with E-state index in [0.29, 0.717) is 29.8 Å². The molecule has 0 aliphatic carbocycles. The van der Waals surface area contributed by atoms with Gasteiger partial charge in [0.2, 0.25) is 0 Å². The van der Waals surface area contributed by atoms with Crippen molar-refractivity contribution in [1.82, 2.24) is 10.6 Å². The van der Waals surface area contributed by atoms with Crippen molar-refractivity contribution in [3.8, 4) is 0 Å². The van der Waals surface area contributed by atoms with Crippen LogP contribution < -0.4 is 10.6 Å². The van der Waals surface area contributed by atoms with Gasteiger partial charge in [-0.25, -0.2) is 8.42 Å². The van der Waals surface area contributed by atoms with E-state index in [-0.39, 0.29) is 11.7 Å². The van der Waals surface area contributed by atoms with Gasteiger partial charge in [-0.2, -0.15) is 0 Å². The number of fused-ring (bicyclic) bond motifs is 1. The highest BCUT2D eigenvalue weighted by atomic mass is 32.2. The fourth-order valence-electron chi connectivity index (χ4n) is 3.95. The Morgan fingerprint density at radius 1 is 1.12 bits per heavy atom. The van der Waals surface area contributed by atoms with Crippen LogP contribution >= 0.6 is 0 Å². The molecule has 1 atom stereocenters. The van der Waals surface area contributed by atoms with Gasteiger partial charge in [0.1, 0.15) is 0 Å². The van der Waals surface area contributed by atoms with Gasteiger partial charge in [-0.1, -0.05) is 30.3 Å². The monoisotopic (exact) mass is 370 g/mol. The summed E-state index contributed by atoms with van der Waals surface area (Å²) in [7, 11) is -3.20. The second kappa shape index (κ2) is 6.52. The Morgan fingerprint density at radius 3 is 2.65 bits per heavy atom. The molecule has 0 saturated carbocycles. The van der Waals surface area contributed by atoms with Gasteiger partial charge in [0.15, 0.2) is 9.84 Å². The van der Waals surface area contributed by atoms with Gasteiger partial charge in [0.05, 0.1) is 16.2 Å². The van der Waals surface area contributed by atoms with Crippen molar-refractivity contribution >= 4 is 15.7 Å². The lowest BCUT2D eigenvalue weighted by atomic mass is 9.88. The Labute approximate surface area is 153 Å². The standard InChI is InChI=1S/C20H22N2O3S/c23-19(16-8-9-18-15(13-16)5-4-12-26(18,24)25)22-20(10-11-21-14-20)17-6-2-1-3-7-17/h1-3,6-9,13,21H,4-5,10-12,14H2,(H,22,23). The maximum atomic E-state index is 12.9. The highest BCUT2D eigenvalue weighted by Crippen LogP contribution is 2.29. The number of benzene rings is 2. The second-order valence-corrected chi connectivity index (χ2v) is 9.15. The van der Waals surface area contributed by atoms with E-state index < -0.39 is 15.4 Å². The molecule has 0 aromatic heterocycles. The van der Waals surface area contributed by atoms with E-state index in [2.05, 4.69) is 10.6 Å². The van der Waals surface area contributed by atoms with Gasteiger partial charge in [0, 0.05) is 12.1 Å². The number of rotatable bonds is 3. The zero-order chi connectivity index (χ0) is 18.2. The minimum absolute atomic E-state index is 0.164. The van der Waals surface area contributed by atoms with E-state index in [9.17, 15) is 13.2 Å². The molecule has 1 unspecified atom stereocenters. The summed E-state index contributed by atoms with van der Waals surface area (Å²) in [5.74, 6) is 0.0252. The summed E-state index contributed by atoms with van der Waals surface area (Å²) in [5.41, 5.74) is 1.92. The van der Waals surface area contributed by atoms with Gasteiger partial charge in [0.25, 0.3) is 5.91 Å². The lowest BCUT2D eigenvalue weighted by Gasteiger charge is -2.30. The van der Waals surface area contributed by atoms with Crippen molar-refractivity contribution in [2.75, 3.05) is 18.8 Å². The third-order valence-corrected chi connectivity index (χ3v) is 7.25. The van der Waals surface area contributed by atoms with Crippen LogP contribution in [-0.4, -0.2) is 33.2 Å². The minimum Gasteiger partial charge on any atom is -0.341 e. The third kappa shape index (κ3) is 3.04. The quantitative estimate of drug-likeness (QED) is 0.867. The Morgan fingerprint density at radius 2 is 1.92 bits per heavy atom. The van der Waals surface area contributed by atoms with Crippen molar-refractivity contribution in [2.45, 2.75) is 29.7 Å². The van der Waals surface area contributed by atoms with Gasteiger partial charge < -0.3 is 10.6 Å². The van der Waals surface area contributed by atoms with Crippen LogP contribution in [0.15, 0.2) is 53.4 Å². The molecular weight excluding hydrogens is 348 g/mol. The summed E-state index contributed by atoms with van der Waals surface area (Å²) in [6.07, 6.45) is 2.13. The van der Waals surface area contributed by atoms with Gasteiger partial charge in [-0.15, -0.1) is 0 Å². The van der Waals surface area contributed by atoms with Crippen LogP contribution in [0.4, 0.5) is 0 Å². The van der Waals surface area contributed by atoms with E-state index in [4.69, 9.17) is 0 Å². The normalized spacial score (nSPS) is 24.0. The van der Waals surface area contributed by atoms with Crippen molar-refractivity contribution in [3.05, 3.63) is 65.2 Å². The largest absolute Gasteiger partial charge is 0.341 e. The number of aryl methyl sites for hydroxylation is 1. The molecule has 26 heavy (non-hydrogen) atoms. The zero-order valence-corrected chi connectivity index (χ0v) is 15.3. The van der Waals surface area contributed by atoms with Crippen LogP contribution in [0.25, 0.3) is 0 Å². The van der Waals surface area contributed by atoms with Gasteiger partial charge in [-0.3, -0.25) is 4.79 Å². The maximum absolute atomic E-state index is 12.9. The van der Waals surface area contributed by atoms with Crippen LogP contribution in [0.2, 0.25) is 0 Å². The molecule has 2 heterocycles. The molecule has 1 saturated heterocycles. The Kier molecular flexibility index (Phi) is 4.32. The molecule has 2 aromatic carbocycles. The number of sulfone groups is 1. The predicted octanol–water partition coefficient (Wildman–Crippen LogP) is 2.03. The van der Waals surface area contributed by atoms with E-state index in [1.54, 1.807) is 18.2 Å². The first-order valence-corrected chi connectivity index (χ1v) is 10.6. The first-order valence-electron chi connectivity index (χ1n) is 8.95. The third-order valence-electron chi connectivity index (χ3n) is 5.35. The van der Waals surface area contributed by atoms with Crippen molar-refractivity contribution < 1.29 is 13.2 Å². The fraction of sp³-hybridized carbons (Fsp3) is 0.350. The van der Waals surface area contributed by atoms with Crippen LogP contribution in [0.5, 0.6) is 0 Å². The zero-order valence-electron chi connectivity index (χ0n) is 14.5. The molecular formula is C20H22N2O3S. The van der Waals surface area contributed by atoms with Crippen LogP contribution in [0.1, 0.15) is 34.3 Å². The number of nitrogens with one attached hydrogen (secondary N) is 2. The fourth-order valence-corrected chi connectivity index (χ4v) is 5.53. The molecule has 136 valence electrons. The van der Waals surface area contributed by atoms with Crippen LogP contribution in [0.3, 0.4) is 0 Å². The van der Waals surface area contributed by atoms with E-state index >= 15 is 0 Å². The minimum atomic E-state index is -3.20. The number of carbonyl (C=O) groups excluding carboxylic acids is 1. The number of carbonyl (C=O) groups is 1. The molecule has 0 spiro atoms. The number of hydrogen-bond acceptors (Lipinski definition) is 4. The molecule has 2 N–H and O–H groups in total. The summed E-state index contributed by atoms with van der Waals surface area (Å²) in [4.78, 5) is 13.3. The first-order chi connectivity index (χ1) is 12.5. The average Bonchev–Trinajstić information content (AvgIpc) is 3.11. The number of amides is 1. The summed E-state index contributed by atoms with van der Waals surface area (Å²) in [5, 5.41) is 6.54. The topological polar surface area (TPSA) is 75.3 Å². The lowest BCUT2D eigenvalue weighted by molar-refractivity contribution is 0.0904. The van der Waals surface area contributed by atoms with Crippen molar-refractivity contribution in [2.24, 2.45) is 0 Å². The summed E-state index contributed by atoms with van der Waals surface area (Å²) >= 11 is 0. The lowest BCUT2D eigenvalue weighted by Crippen LogP contribution is -2.47. The summed E-state index contributed by atoms with van der Waals surface area (Å²) < 4.78 is 24.3. The van der Waals surface area contributed by atoms with Crippen molar-refractivity contribution in [3.63, 3.8) is 0 Å². The van der Waals surface area contributed by atoms with Gasteiger partial charge >= 0.3 is 0 Å². The highest BCUT2D eigenvalue weighted by Gasteiger charge is 2.37. The van der Waals surface area contributed by atoms with Gasteiger partial charge in [-0.05, 0) is 55.1 Å². The van der Waals surface area contributed by atoms with Crippen LogP contribution in [-0.2, 0) is 21.8 Å². The molecule has 0 radical (unpaired) electrons. The Hall–Kier alpha value is -2.18. The second-order valence-electron chi connectivity index (χ2n) is 7.07. The Bertz CT molecular complexity index is 933. The van der Waals surface area contributed by atoms with Crippen molar-refractivity contribution in [1.29, 1.82) is 0 Å². The van der Waals surface area contributed by atoms with Crippen LogP contribution in [0, 0.1) is 0 Å². The van der Waals surface area contributed by atoms with E-state index in [0.717, 1.165) is 24.1 Å². The highest BCUT2D eigenvalue weighted by molar-refractivity contribution is 7.91. The summed E-state index contributed by atoms with van der Waals surface area (Å²) in [6.45, 7) is 1.53. The molecule has 2 aliphatic rings. The summed E-state index contributed by atoms with van der Waals surface area (Å²) in [6, 6.07) is 14.9.